The monoisotopic (exact) mass is 719 g/mol. The molecule has 0 radical (unpaired) electrons. The molecular weight excluding hydrogens is 671 g/mol. The number of carbonyl (C=O) groups is 3. The van der Waals surface area contributed by atoms with Gasteiger partial charge in [0.05, 0.1) is 34.1 Å². The van der Waals surface area contributed by atoms with E-state index in [-0.39, 0.29) is 36.8 Å². The van der Waals surface area contributed by atoms with Crippen LogP contribution in [0, 0.1) is 5.92 Å². The number of urea groups is 1. The van der Waals surface area contributed by atoms with Gasteiger partial charge in [0.25, 0.3) is 0 Å². The van der Waals surface area contributed by atoms with Crippen LogP contribution in [0.25, 0.3) is 0 Å². The molecule has 4 rings (SSSR count). The number of ether oxygens (including phenoxy) is 2. The lowest BCUT2D eigenvalue weighted by Gasteiger charge is -2.32. The highest BCUT2D eigenvalue weighted by Crippen LogP contribution is 2.24. The van der Waals surface area contributed by atoms with Gasteiger partial charge in [-0.3, -0.25) is 14.8 Å². The fourth-order valence-electron chi connectivity index (χ4n) is 5.81. The first-order chi connectivity index (χ1) is 23.9. The number of carbonyl (C=O) groups excluding carboxylic acids is 3. The summed E-state index contributed by atoms with van der Waals surface area (Å²) in [5.41, 5.74) is 5.12. The molecule has 10 nitrogen and oxygen atoms in total. The molecule has 4 atom stereocenters. The Balaban J connectivity index is 1.50. The average molecular weight is 720 g/mol. The van der Waals surface area contributed by atoms with Crippen LogP contribution >= 0.6 is 22.7 Å². The van der Waals surface area contributed by atoms with E-state index in [9.17, 15) is 14.4 Å². The number of nitrogens with one attached hydrogen (secondary N) is 2. The maximum Gasteiger partial charge on any atom is 0.407 e. The van der Waals surface area contributed by atoms with Crippen LogP contribution in [-0.2, 0) is 40.3 Å². The van der Waals surface area contributed by atoms with E-state index in [2.05, 4.69) is 32.7 Å². The lowest BCUT2D eigenvalue weighted by molar-refractivity contribution is -0.129. The van der Waals surface area contributed by atoms with Gasteiger partial charge >= 0.3 is 12.1 Å². The van der Waals surface area contributed by atoms with Crippen LogP contribution in [0.3, 0.4) is 0 Å². The zero-order chi connectivity index (χ0) is 35.9. The molecule has 3 amide bonds. The summed E-state index contributed by atoms with van der Waals surface area (Å²) in [6, 6.07) is 18.7. The van der Waals surface area contributed by atoms with Gasteiger partial charge in [0.15, 0.2) is 5.78 Å². The third kappa shape index (κ3) is 13.6. The molecule has 50 heavy (non-hydrogen) atoms. The minimum absolute atomic E-state index is 0.0608. The molecule has 0 aliphatic heterocycles. The summed E-state index contributed by atoms with van der Waals surface area (Å²) in [7, 11) is 1.70. The number of hydrogen-bond donors (Lipinski definition) is 2. The van der Waals surface area contributed by atoms with Gasteiger partial charge in [0.1, 0.15) is 12.6 Å². The summed E-state index contributed by atoms with van der Waals surface area (Å²) < 4.78 is 11.8. The molecule has 0 saturated carbocycles. The number of Topliss-reactive ketones (excluding diaryl/α,β-unsaturated/α-hetero) is 1. The van der Waals surface area contributed by atoms with Gasteiger partial charge in [0.2, 0.25) is 0 Å². The molecule has 2 heterocycles. The van der Waals surface area contributed by atoms with Crippen LogP contribution in [0.2, 0.25) is 0 Å². The molecule has 1 unspecified atom stereocenters. The number of aromatic nitrogens is 2. The van der Waals surface area contributed by atoms with Gasteiger partial charge in [0, 0.05) is 36.8 Å². The molecule has 268 valence electrons. The molecule has 4 aromatic rings. The standard InChI is InChI=1S/C38H49N5O5S2/c1-27(48-38(2,3)4)35(42-36(45)43(5)23-32-21-39-25-49-32)34(44)20-30(18-28-12-8-6-9-13-28)16-17-31(19-29-14-10-7-11-15-29)41-37(46)47-24-33-22-40-26-50-33/h6-15,21-22,25-27,30-31,35H,16-20,23-24H2,1-5H3,(H,41,46)(H,42,45)/t27?,30-,31-,35+/m1/s1. The van der Waals surface area contributed by atoms with Crippen molar-refractivity contribution in [3.63, 3.8) is 0 Å². The van der Waals surface area contributed by atoms with Crippen molar-refractivity contribution in [1.29, 1.82) is 0 Å². The van der Waals surface area contributed by atoms with E-state index in [1.165, 1.54) is 22.7 Å². The predicted molar refractivity (Wildman–Crippen MR) is 198 cm³/mol. The molecule has 0 bridgehead atoms. The Hall–Kier alpha value is -4.13. The SMILES string of the molecule is CC(OC(C)(C)C)[C@H](NC(=O)N(C)Cc1cncs1)C(=O)C[C@H](CC[C@H](Cc1ccccc1)NC(=O)OCc1cncs1)Cc1ccccc1. The summed E-state index contributed by atoms with van der Waals surface area (Å²) in [6.45, 7) is 8.17. The zero-order valence-corrected chi connectivity index (χ0v) is 31.2. The van der Waals surface area contributed by atoms with E-state index in [1.54, 1.807) is 35.4 Å². The third-order valence-electron chi connectivity index (χ3n) is 8.11. The van der Waals surface area contributed by atoms with Crippen LogP contribution in [0.1, 0.15) is 67.8 Å². The molecule has 0 aliphatic carbocycles. The third-order valence-corrected chi connectivity index (χ3v) is 9.63. The zero-order valence-electron chi connectivity index (χ0n) is 29.5. The Morgan fingerprint density at radius 1 is 0.840 bits per heavy atom. The molecule has 2 aromatic heterocycles. The fraction of sp³-hybridized carbons (Fsp3) is 0.447. The number of alkyl carbamates (subject to hydrolysis) is 1. The van der Waals surface area contributed by atoms with Gasteiger partial charge in [-0.25, -0.2) is 9.59 Å². The molecule has 0 aliphatic rings. The van der Waals surface area contributed by atoms with Crippen LogP contribution in [0.15, 0.2) is 84.1 Å². The van der Waals surface area contributed by atoms with Crippen molar-refractivity contribution < 1.29 is 23.9 Å². The van der Waals surface area contributed by atoms with Crippen molar-refractivity contribution in [2.45, 2.75) is 96.7 Å². The Morgan fingerprint density at radius 2 is 1.44 bits per heavy atom. The van der Waals surface area contributed by atoms with Gasteiger partial charge in [-0.1, -0.05) is 60.7 Å². The Labute approximate surface area is 303 Å². The van der Waals surface area contributed by atoms with E-state index in [0.29, 0.717) is 32.2 Å². The first-order valence-corrected chi connectivity index (χ1v) is 18.7. The van der Waals surface area contributed by atoms with Crippen LogP contribution < -0.4 is 10.6 Å². The maximum atomic E-state index is 14.2. The highest BCUT2D eigenvalue weighted by molar-refractivity contribution is 7.09. The minimum Gasteiger partial charge on any atom is -0.444 e. The van der Waals surface area contributed by atoms with E-state index >= 15 is 0 Å². The molecule has 12 heteroatoms. The summed E-state index contributed by atoms with van der Waals surface area (Å²) in [6.07, 6.45) is 5.15. The number of benzene rings is 2. The highest BCUT2D eigenvalue weighted by Gasteiger charge is 2.33. The molecule has 2 N–H and O–H groups in total. The smallest absolute Gasteiger partial charge is 0.407 e. The van der Waals surface area contributed by atoms with Crippen LogP contribution in [0.5, 0.6) is 0 Å². The lowest BCUT2D eigenvalue weighted by Crippen LogP contribution is -2.53. The molecule has 2 aromatic carbocycles. The maximum absolute atomic E-state index is 14.2. The quantitative estimate of drug-likeness (QED) is 0.110. The van der Waals surface area contributed by atoms with Gasteiger partial charge in [-0.15, -0.1) is 22.7 Å². The second-order valence-electron chi connectivity index (χ2n) is 13.6. The van der Waals surface area contributed by atoms with Crippen molar-refractivity contribution in [1.82, 2.24) is 25.5 Å². The number of ketones is 1. The lowest BCUT2D eigenvalue weighted by atomic mass is 9.86. The predicted octanol–water partition coefficient (Wildman–Crippen LogP) is 7.45. The van der Waals surface area contributed by atoms with Gasteiger partial charge in [-0.05, 0) is 70.4 Å². The Morgan fingerprint density at radius 3 is 2.02 bits per heavy atom. The van der Waals surface area contributed by atoms with Crippen molar-refractivity contribution in [2.75, 3.05) is 7.05 Å². The van der Waals surface area contributed by atoms with Crippen molar-refractivity contribution in [2.24, 2.45) is 5.92 Å². The van der Waals surface area contributed by atoms with Crippen LogP contribution in [-0.4, -0.2) is 63.6 Å². The minimum atomic E-state index is -0.858. The summed E-state index contributed by atoms with van der Waals surface area (Å²) in [5, 5.41) is 6.07. The molecular formula is C38H49N5O5S2. The number of nitrogens with zero attached hydrogens (tertiary/aromatic N) is 3. The second kappa shape index (κ2) is 19.3. The summed E-state index contributed by atoms with van der Waals surface area (Å²) in [4.78, 5) is 52.1. The topological polar surface area (TPSA) is 123 Å². The van der Waals surface area contributed by atoms with Crippen molar-refractivity contribution >= 4 is 40.6 Å². The molecule has 0 fully saturated rings. The van der Waals surface area contributed by atoms with Crippen LogP contribution in [0.4, 0.5) is 9.59 Å². The second-order valence-corrected chi connectivity index (χ2v) is 15.5. The Kier molecular flexibility index (Phi) is 14.9. The highest BCUT2D eigenvalue weighted by atomic mass is 32.1. The molecule has 0 spiro atoms. The number of amides is 3. The first kappa shape index (κ1) is 38.7. The van der Waals surface area contributed by atoms with E-state index in [4.69, 9.17) is 9.47 Å². The van der Waals surface area contributed by atoms with Gasteiger partial charge in [-0.2, -0.15) is 0 Å². The normalized spacial score (nSPS) is 13.9. The van der Waals surface area contributed by atoms with Gasteiger partial charge < -0.3 is 25.0 Å². The number of thiazole rings is 2. The number of hydrogen-bond acceptors (Lipinski definition) is 9. The van der Waals surface area contributed by atoms with Crippen molar-refractivity contribution in [3.05, 3.63) is 105 Å². The molecule has 0 saturated heterocycles. The fourth-order valence-corrected chi connectivity index (χ4v) is 6.96. The van der Waals surface area contributed by atoms with E-state index in [1.807, 2.05) is 76.2 Å². The number of rotatable bonds is 18. The van der Waals surface area contributed by atoms with Crippen molar-refractivity contribution in [3.8, 4) is 0 Å². The largest absolute Gasteiger partial charge is 0.444 e. The summed E-state index contributed by atoms with van der Waals surface area (Å²) >= 11 is 2.90. The van der Waals surface area contributed by atoms with E-state index in [0.717, 1.165) is 20.9 Å². The first-order valence-electron chi connectivity index (χ1n) is 16.9. The average Bonchev–Trinajstić information content (AvgIpc) is 3.80. The Bertz CT molecular complexity index is 1580. The van der Waals surface area contributed by atoms with E-state index < -0.39 is 23.8 Å². The summed E-state index contributed by atoms with van der Waals surface area (Å²) in [5.74, 6) is -0.159.